The van der Waals surface area contributed by atoms with Crippen LogP contribution in [0.25, 0.3) is 0 Å². The molecule has 1 saturated heterocycles. The van der Waals surface area contributed by atoms with Crippen molar-refractivity contribution >= 4 is 0 Å². The summed E-state index contributed by atoms with van der Waals surface area (Å²) in [4.78, 5) is 0. The van der Waals surface area contributed by atoms with Gasteiger partial charge in [-0.25, -0.2) is 0 Å². The summed E-state index contributed by atoms with van der Waals surface area (Å²) in [6.45, 7) is 5.40. The lowest BCUT2D eigenvalue weighted by Gasteiger charge is -2.09. The van der Waals surface area contributed by atoms with Gasteiger partial charge in [0.05, 0.1) is 6.61 Å². The second kappa shape index (κ2) is 5.69. The summed E-state index contributed by atoms with van der Waals surface area (Å²) in [6.07, 6.45) is 5.29. The van der Waals surface area contributed by atoms with Gasteiger partial charge in [-0.05, 0) is 44.7 Å². The molecule has 0 spiro atoms. The Kier molecular flexibility index (Phi) is 4.22. The van der Waals surface area contributed by atoms with Gasteiger partial charge in [0.15, 0.2) is 0 Å². The average molecular weight is 198 g/mol. The van der Waals surface area contributed by atoms with E-state index < -0.39 is 0 Å². The van der Waals surface area contributed by atoms with Crippen LogP contribution in [0, 0.1) is 5.92 Å². The number of hydrogen-bond acceptors (Lipinski definition) is 3. The van der Waals surface area contributed by atoms with E-state index in [1.54, 1.807) is 0 Å². The lowest BCUT2D eigenvalue weighted by atomic mass is 10.1. The quantitative estimate of drug-likeness (QED) is 0.592. The van der Waals surface area contributed by atoms with Crippen molar-refractivity contribution in [1.82, 2.24) is 10.6 Å². The maximum absolute atomic E-state index is 5.32. The van der Waals surface area contributed by atoms with Gasteiger partial charge in [-0.15, -0.1) is 0 Å². The van der Waals surface area contributed by atoms with Crippen LogP contribution >= 0.6 is 0 Å². The topological polar surface area (TPSA) is 33.3 Å². The molecule has 82 valence electrons. The van der Waals surface area contributed by atoms with E-state index in [9.17, 15) is 0 Å². The molecule has 0 aromatic rings. The number of rotatable bonds is 7. The van der Waals surface area contributed by atoms with Gasteiger partial charge < -0.3 is 15.4 Å². The Balaban J connectivity index is 1.35. The first-order chi connectivity index (χ1) is 6.95. The van der Waals surface area contributed by atoms with Gasteiger partial charge in [0, 0.05) is 19.2 Å². The van der Waals surface area contributed by atoms with Gasteiger partial charge in [-0.2, -0.15) is 0 Å². The van der Waals surface area contributed by atoms with Crippen LogP contribution in [0.15, 0.2) is 0 Å². The van der Waals surface area contributed by atoms with Gasteiger partial charge in [0.25, 0.3) is 0 Å². The van der Waals surface area contributed by atoms with Crippen LogP contribution in [0.4, 0.5) is 0 Å². The Morgan fingerprint density at radius 3 is 2.79 bits per heavy atom. The second-order valence-electron chi connectivity index (χ2n) is 4.52. The maximum Gasteiger partial charge on any atom is 0.0507 e. The lowest BCUT2D eigenvalue weighted by molar-refractivity contribution is 0.185. The molecule has 3 nitrogen and oxygen atoms in total. The van der Waals surface area contributed by atoms with Gasteiger partial charge in [-0.1, -0.05) is 0 Å². The van der Waals surface area contributed by atoms with Crippen molar-refractivity contribution in [1.29, 1.82) is 0 Å². The molecule has 1 atom stereocenters. The summed E-state index contributed by atoms with van der Waals surface area (Å²) in [5, 5.41) is 7.02. The zero-order valence-electron chi connectivity index (χ0n) is 8.93. The minimum absolute atomic E-state index is 0.770. The third-order valence-electron chi connectivity index (χ3n) is 3.00. The Morgan fingerprint density at radius 2 is 2.07 bits per heavy atom. The first kappa shape index (κ1) is 10.4. The maximum atomic E-state index is 5.32. The van der Waals surface area contributed by atoms with Crippen LogP contribution < -0.4 is 10.6 Å². The van der Waals surface area contributed by atoms with Crippen molar-refractivity contribution in [2.45, 2.75) is 31.7 Å². The fourth-order valence-corrected chi connectivity index (χ4v) is 1.86. The first-order valence-corrected chi connectivity index (χ1v) is 5.97. The molecule has 0 aromatic carbocycles. The monoisotopic (exact) mass is 198 g/mol. The highest BCUT2D eigenvalue weighted by Crippen LogP contribution is 2.18. The van der Waals surface area contributed by atoms with E-state index in [0.717, 1.165) is 38.3 Å². The average Bonchev–Trinajstić information content (AvgIpc) is 2.87. The van der Waals surface area contributed by atoms with Crippen molar-refractivity contribution in [3.63, 3.8) is 0 Å². The standard InChI is InChI=1S/C11H22N2O/c1(6-13-11-2-3-11)5-12-8-10-4-7-14-9-10/h10-13H,1-9H2. The summed E-state index contributed by atoms with van der Waals surface area (Å²) in [6, 6.07) is 0.859. The summed E-state index contributed by atoms with van der Waals surface area (Å²) in [5.41, 5.74) is 0. The zero-order valence-corrected chi connectivity index (χ0v) is 8.93. The van der Waals surface area contributed by atoms with E-state index in [1.165, 1.54) is 32.2 Å². The predicted octanol–water partition coefficient (Wildman–Crippen LogP) is 0.755. The molecule has 1 heterocycles. The van der Waals surface area contributed by atoms with Crippen molar-refractivity contribution in [2.24, 2.45) is 5.92 Å². The number of hydrogen-bond donors (Lipinski definition) is 2. The molecule has 1 unspecified atom stereocenters. The predicted molar refractivity (Wildman–Crippen MR) is 57.4 cm³/mol. The minimum Gasteiger partial charge on any atom is -0.381 e. The van der Waals surface area contributed by atoms with Crippen molar-refractivity contribution < 1.29 is 4.74 Å². The molecule has 2 rings (SSSR count). The molecule has 2 aliphatic rings. The molecular weight excluding hydrogens is 176 g/mol. The number of nitrogens with one attached hydrogen (secondary N) is 2. The van der Waals surface area contributed by atoms with Crippen LogP contribution in [-0.2, 0) is 4.74 Å². The fourth-order valence-electron chi connectivity index (χ4n) is 1.86. The van der Waals surface area contributed by atoms with Gasteiger partial charge in [0.2, 0.25) is 0 Å². The largest absolute Gasteiger partial charge is 0.381 e. The molecule has 3 heteroatoms. The minimum atomic E-state index is 0.770. The molecule has 1 aliphatic heterocycles. The molecule has 0 bridgehead atoms. The van der Waals surface area contributed by atoms with E-state index in [0.29, 0.717) is 0 Å². The molecule has 0 aromatic heterocycles. The van der Waals surface area contributed by atoms with Crippen LogP contribution in [0.3, 0.4) is 0 Å². The highest BCUT2D eigenvalue weighted by Gasteiger charge is 2.19. The molecule has 0 radical (unpaired) electrons. The van der Waals surface area contributed by atoms with Gasteiger partial charge >= 0.3 is 0 Å². The van der Waals surface area contributed by atoms with Crippen molar-refractivity contribution in [2.75, 3.05) is 32.8 Å². The van der Waals surface area contributed by atoms with Crippen LogP contribution in [0.1, 0.15) is 25.7 Å². The summed E-state index contributed by atoms with van der Waals surface area (Å²) >= 11 is 0. The van der Waals surface area contributed by atoms with Crippen molar-refractivity contribution in [3.05, 3.63) is 0 Å². The molecule has 0 amide bonds. The lowest BCUT2D eigenvalue weighted by Crippen LogP contribution is -2.27. The normalized spacial score (nSPS) is 27.0. The highest BCUT2D eigenvalue weighted by molar-refractivity contribution is 4.80. The Labute approximate surface area is 86.6 Å². The molecule has 14 heavy (non-hydrogen) atoms. The van der Waals surface area contributed by atoms with E-state index in [1.807, 2.05) is 0 Å². The number of ether oxygens (including phenoxy) is 1. The fraction of sp³-hybridized carbons (Fsp3) is 1.00. The third kappa shape index (κ3) is 3.95. The van der Waals surface area contributed by atoms with E-state index >= 15 is 0 Å². The van der Waals surface area contributed by atoms with Crippen LogP contribution in [-0.4, -0.2) is 38.9 Å². The Hall–Kier alpha value is -0.120. The summed E-state index contributed by atoms with van der Waals surface area (Å²) in [7, 11) is 0. The van der Waals surface area contributed by atoms with Crippen LogP contribution in [0.5, 0.6) is 0 Å². The van der Waals surface area contributed by atoms with Crippen molar-refractivity contribution in [3.8, 4) is 0 Å². The molecular formula is C11H22N2O. The van der Waals surface area contributed by atoms with E-state index in [2.05, 4.69) is 10.6 Å². The van der Waals surface area contributed by atoms with E-state index in [-0.39, 0.29) is 0 Å². The Morgan fingerprint density at radius 1 is 1.14 bits per heavy atom. The summed E-state index contributed by atoms with van der Waals surface area (Å²) in [5.74, 6) is 0.770. The first-order valence-electron chi connectivity index (χ1n) is 5.97. The van der Waals surface area contributed by atoms with Gasteiger partial charge in [0.1, 0.15) is 0 Å². The second-order valence-corrected chi connectivity index (χ2v) is 4.52. The molecule has 2 fully saturated rings. The molecule has 1 aliphatic carbocycles. The SMILES string of the molecule is C(CNCC1CCOC1)CNC1CC1. The summed E-state index contributed by atoms with van der Waals surface area (Å²) < 4.78 is 5.32. The highest BCUT2D eigenvalue weighted by atomic mass is 16.5. The van der Waals surface area contributed by atoms with Gasteiger partial charge in [-0.3, -0.25) is 0 Å². The van der Waals surface area contributed by atoms with Crippen LogP contribution in [0.2, 0.25) is 0 Å². The zero-order chi connectivity index (χ0) is 9.64. The smallest absolute Gasteiger partial charge is 0.0507 e. The molecule has 2 N–H and O–H groups in total. The van der Waals surface area contributed by atoms with E-state index in [4.69, 9.17) is 4.74 Å². The Bertz CT molecular complexity index is 153. The third-order valence-corrected chi connectivity index (χ3v) is 3.00. The molecule has 1 saturated carbocycles.